The molecular weight excluding hydrogens is 256 g/mol. The van der Waals surface area contributed by atoms with Crippen molar-refractivity contribution in [1.82, 2.24) is 19.6 Å². The largest absolute Gasteiger partial charge is 0.481 e. The predicted molar refractivity (Wildman–Crippen MR) is 77.0 cm³/mol. The minimum absolute atomic E-state index is 0.0173. The second-order valence-electron chi connectivity index (χ2n) is 5.81. The summed E-state index contributed by atoms with van der Waals surface area (Å²) in [7, 11) is 7.48. The fourth-order valence-electron chi connectivity index (χ4n) is 3.06. The van der Waals surface area contributed by atoms with Crippen LogP contribution in [0.1, 0.15) is 23.0 Å². The zero-order valence-electron chi connectivity index (χ0n) is 13.2. The molecule has 1 fully saturated rings. The molecule has 2 heterocycles. The third-order valence-corrected chi connectivity index (χ3v) is 4.10. The number of hydrogen-bond acceptors (Lipinski definition) is 4. The van der Waals surface area contributed by atoms with Crippen LogP contribution in [0.4, 0.5) is 0 Å². The molecule has 1 aliphatic rings. The van der Waals surface area contributed by atoms with Crippen LogP contribution in [0.15, 0.2) is 0 Å². The number of amides is 1. The monoisotopic (exact) mass is 280 g/mol. The molecule has 2 rings (SSSR count). The first kappa shape index (κ1) is 14.8. The second kappa shape index (κ2) is 5.44. The number of ether oxygens (including phenoxy) is 1. The number of aromatic nitrogens is 2. The van der Waals surface area contributed by atoms with Crippen LogP contribution in [-0.4, -0.2) is 65.8 Å². The second-order valence-corrected chi connectivity index (χ2v) is 5.81. The van der Waals surface area contributed by atoms with E-state index in [2.05, 4.69) is 31.0 Å². The number of likely N-dealkylation sites (tertiary alicyclic amines) is 1. The van der Waals surface area contributed by atoms with Crippen molar-refractivity contribution in [1.29, 1.82) is 0 Å². The maximum Gasteiger partial charge on any atom is 0.261 e. The van der Waals surface area contributed by atoms with Crippen molar-refractivity contribution >= 4 is 5.91 Å². The topological polar surface area (TPSA) is 50.6 Å². The molecule has 0 bridgehead atoms. The van der Waals surface area contributed by atoms with Crippen LogP contribution in [0.25, 0.3) is 0 Å². The van der Waals surface area contributed by atoms with E-state index in [1.54, 1.807) is 18.8 Å². The van der Waals surface area contributed by atoms with Gasteiger partial charge in [0.25, 0.3) is 5.91 Å². The van der Waals surface area contributed by atoms with Gasteiger partial charge < -0.3 is 14.5 Å². The molecule has 6 heteroatoms. The number of rotatable bonds is 3. The van der Waals surface area contributed by atoms with Gasteiger partial charge in [-0.2, -0.15) is 5.10 Å². The molecule has 0 unspecified atom stereocenters. The first-order valence-electron chi connectivity index (χ1n) is 6.90. The highest BCUT2D eigenvalue weighted by molar-refractivity contribution is 5.97. The van der Waals surface area contributed by atoms with Gasteiger partial charge in [0, 0.05) is 26.2 Å². The molecule has 0 saturated carbocycles. The molecular formula is C14H24N4O2. The van der Waals surface area contributed by atoms with Gasteiger partial charge in [0.05, 0.1) is 12.8 Å². The zero-order chi connectivity index (χ0) is 15.0. The van der Waals surface area contributed by atoms with Gasteiger partial charge in [0.1, 0.15) is 5.56 Å². The maximum absolute atomic E-state index is 12.7. The zero-order valence-corrected chi connectivity index (χ0v) is 13.2. The Kier molecular flexibility index (Phi) is 4.04. The van der Waals surface area contributed by atoms with Crippen molar-refractivity contribution in [2.45, 2.75) is 19.9 Å². The number of carbonyl (C=O) groups excluding carboxylic acids is 1. The van der Waals surface area contributed by atoms with Crippen molar-refractivity contribution in [2.75, 3.05) is 34.3 Å². The van der Waals surface area contributed by atoms with Gasteiger partial charge in [0.2, 0.25) is 5.88 Å². The van der Waals surface area contributed by atoms with Gasteiger partial charge in [-0.25, -0.2) is 4.68 Å². The van der Waals surface area contributed by atoms with E-state index < -0.39 is 0 Å². The average Bonchev–Trinajstić information content (AvgIpc) is 2.88. The highest BCUT2D eigenvalue weighted by Gasteiger charge is 2.36. The number of hydrogen-bond donors (Lipinski definition) is 0. The number of nitrogens with zero attached hydrogens (tertiary/aromatic N) is 4. The highest BCUT2D eigenvalue weighted by Crippen LogP contribution is 2.27. The summed E-state index contributed by atoms with van der Waals surface area (Å²) in [6.07, 6.45) is 0. The molecule has 1 amide bonds. The molecule has 2 atom stereocenters. The van der Waals surface area contributed by atoms with E-state index in [0.717, 1.165) is 18.8 Å². The number of carbonyl (C=O) groups is 1. The molecule has 1 saturated heterocycles. The van der Waals surface area contributed by atoms with Gasteiger partial charge in [-0.1, -0.05) is 6.92 Å². The van der Waals surface area contributed by atoms with E-state index in [1.165, 1.54) is 0 Å². The Hall–Kier alpha value is -1.56. The fourth-order valence-corrected chi connectivity index (χ4v) is 3.06. The van der Waals surface area contributed by atoms with Gasteiger partial charge >= 0.3 is 0 Å². The Morgan fingerprint density at radius 3 is 2.55 bits per heavy atom. The first-order valence-corrected chi connectivity index (χ1v) is 6.90. The quantitative estimate of drug-likeness (QED) is 0.820. The maximum atomic E-state index is 12.7. The van der Waals surface area contributed by atoms with E-state index in [1.807, 2.05) is 11.8 Å². The van der Waals surface area contributed by atoms with Crippen LogP contribution >= 0.6 is 0 Å². The van der Waals surface area contributed by atoms with Crippen LogP contribution in [0.5, 0.6) is 5.88 Å². The standard InChI is InChI=1S/C14H24N4O2/c1-9-7-18(8-11(9)16(3)4)13(19)12-10(2)15-17(5)14(12)20-6/h9,11H,7-8H2,1-6H3/t9-,11+/m1/s1. The predicted octanol–water partition coefficient (Wildman–Crippen LogP) is 0.759. The molecule has 0 aromatic carbocycles. The van der Waals surface area contributed by atoms with E-state index in [0.29, 0.717) is 23.4 Å². The molecule has 1 aromatic heterocycles. The third kappa shape index (κ3) is 2.40. The van der Waals surface area contributed by atoms with E-state index in [4.69, 9.17) is 4.74 Å². The first-order chi connectivity index (χ1) is 9.36. The summed E-state index contributed by atoms with van der Waals surface area (Å²) in [5.74, 6) is 1.02. The Morgan fingerprint density at radius 1 is 1.40 bits per heavy atom. The molecule has 0 aliphatic carbocycles. The van der Waals surface area contributed by atoms with Crippen LogP contribution in [0.3, 0.4) is 0 Å². The van der Waals surface area contributed by atoms with E-state index in [9.17, 15) is 4.79 Å². The fraction of sp³-hybridized carbons (Fsp3) is 0.714. The molecule has 112 valence electrons. The van der Waals surface area contributed by atoms with E-state index in [-0.39, 0.29) is 5.91 Å². The summed E-state index contributed by atoms with van der Waals surface area (Å²) in [5.41, 5.74) is 1.30. The van der Waals surface area contributed by atoms with Crippen molar-refractivity contribution < 1.29 is 9.53 Å². The summed E-state index contributed by atoms with van der Waals surface area (Å²) in [6, 6.07) is 0.405. The molecule has 20 heavy (non-hydrogen) atoms. The van der Waals surface area contributed by atoms with Gasteiger partial charge in [-0.05, 0) is 26.9 Å². The van der Waals surface area contributed by atoms with Gasteiger partial charge in [-0.15, -0.1) is 0 Å². The van der Waals surface area contributed by atoms with Crippen LogP contribution < -0.4 is 4.74 Å². The number of aryl methyl sites for hydroxylation is 2. The molecule has 1 aliphatic heterocycles. The summed E-state index contributed by atoms with van der Waals surface area (Å²) in [5, 5.41) is 4.28. The van der Waals surface area contributed by atoms with Crippen LogP contribution in [0, 0.1) is 12.8 Å². The highest BCUT2D eigenvalue weighted by atomic mass is 16.5. The molecule has 0 spiro atoms. The van der Waals surface area contributed by atoms with Crippen molar-refractivity contribution in [2.24, 2.45) is 13.0 Å². The average molecular weight is 280 g/mol. The normalized spacial score (nSPS) is 22.6. The lowest BCUT2D eigenvalue weighted by molar-refractivity contribution is 0.0777. The molecule has 1 aromatic rings. The molecule has 6 nitrogen and oxygen atoms in total. The SMILES string of the molecule is COc1c(C(=O)N2C[C@@H](C)[C@@H](N(C)C)C2)c(C)nn1C. The Bertz CT molecular complexity index is 510. The summed E-state index contributed by atoms with van der Waals surface area (Å²) in [4.78, 5) is 16.8. The summed E-state index contributed by atoms with van der Waals surface area (Å²) < 4.78 is 6.94. The minimum Gasteiger partial charge on any atom is -0.481 e. The third-order valence-electron chi connectivity index (χ3n) is 4.10. The van der Waals surface area contributed by atoms with Crippen LogP contribution in [0.2, 0.25) is 0 Å². The Labute approximate surface area is 120 Å². The van der Waals surface area contributed by atoms with Crippen LogP contribution in [-0.2, 0) is 7.05 Å². The Balaban J connectivity index is 2.25. The summed E-state index contributed by atoms with van der Waals surface area (Å²) in [6.45, 7) is 5.56. The number of likely N-dealkylation sites (N-methyl/N-ethyl adjacent to an activating group) is 1. The van der Waals surface area contributed by atoms with Crippen molar-refractivity contribution in [3.63, 3.8) is 0 Å². The lowest BCUT2D eigenvalue weighted by atomic mass is 10.1. The Morgan fingerprint density at radius 2 is 2.05 bits per heavy atom. The minimum atomic E-state index is 0.0173. The lowest BCUT2D eigenvalue weighted by Gasteiger charge is -2.22. The van der Waals surface area contributed by atoms with Gasteiger partial charge in [-0.3, -0.25) is 4.79 Å². The smallest absolute Gasteiger partial charge is 0.261 e. The van der Waals surface area contributed by atoms with Crippen molar-refractivity contribution in [3.8, 4) is 5.88 Å². The lowest BCUT2D eigenvalue weighted by Crippen LogP contribution is -2.36. The molecule has 0 radical (unpaired) electrons. The van der Waals surface area contributed by atoms with E-state index >= 15 is 0 Å². The molecule has 0 N–H and O–H groups in total. The van der Waals surface area contributed by atoms with Gasteiger partial charge in [0.15, 0.2) is 0 Å². The summed E-state index contributed by atoms with van der Waals surface area (Å²) >= 11 is 0. The number of methoxy groups -OCH3 is 1. The van der Waals surface area contributed by atoms with Crippen molar-refractivity contribution in [3.05, 3.63) is 11.3 Å².